The minimum atomic E-state index is -4.25. The van der Waals surface area contributed by atoms with E-state index in [0.717, 1.165) is 18.9 Å². The Morgan fingerprint density at radius 1 is 1.26 bits per heavy atom. The Morgan fingerprint density at radius 3 is 2.74 bits per heavy atom. The molecular formula is C15H20F3N. The molecule has 0 bridgehead atoms. The van der Waals surface area contributed by atoms with Crippen LogP contribution in [0.2, 0.25) is 0 Å². The van der Waals surface area contributed by atoms with Crippen LogP contribution in [0.15, 0.2) is 24.3 Å². The zero-order valence-electron chi connectivity index (χ0n) is 11.1. The Hall–Kier alpha value is -1.03. The third-order valence-electron chi connectivity index (χ3n) is 3.79. The van der Waals surface area contributed by atoms with Gasteiger partial charge in [0, 0.05) is 12.6 Å². The Kier molecular flexibility index (Phi) is 4.50. The van der Waals surface area contributed by atoms with Gasteiger partial charge < -0.3 is 5.32 Å². The molecule has 1 aromatic rings. The molecule has 4 heteroatoms. The molecule has 19 heavy (non-hydrogen) atoms. The van der Waals surface area contributed by atoms with E-state index in [1.807, 2.05) is 0 Å². The number of hydrogen-bond acceptors (Lipinski definition) is 1. The molecule has 1 aliphatic rings. The van der Waals surface area contributed by atoms with E-state index in [1.165, 1.54) is 25.0 Å². The molecule has 1 nitrogen and oxygen atoms in total. The lowest BCUT2D eigenvalue weighted by molar-refractivity contribution is -0.137. The van der Waals surface area contributed by atoms with Crippen molar-refractivity contribution in [2.24, 2.45) is 5.92 Å². The number of hydrogen-bond donors (Lipinski definition) is 1. The molecular weight excluding hydrogens is 251 g/mol. The van der Waals surface area contributed by atoms with Crippen molar-refractivity contribution in [2.75, 3.05) is 0 Å². The van der Waals surface area contributed by atoms with Gasteiger partial charge in [-0.1, -0.05) is 38.0 Å². The second kappa shape index (κ2) is 5.95. The molecule has 2 unspecified atom stereocenters. The number of alkyl halides is 3. The summed E-state index contributed by atoms with van der Waals surface area (Å²) in [5.74, 6) is 0.716. The van der Waals surface area contributed by atoms with E-state index < -0.39 is 11.7 Å². The number of benzene rings is 1. The van der Waals surface area contributed by atoms with Crippen LogP contribution < -0.4 is 5.32 Å². The number of halogens is 3. The molecule has 1 saturated carbocycles. The van der Waals surface area contributed by atoms with Crippen molar-refractivity contribution in [3.63, 3.8) is 0 Å². The number of rotatable bonds is 3. The van der Waals surface area contributed by atoms with Gasteiger partial charge in [0.1, 0.15) is 0 Å². The van der Waals surface area contributed by atoms with Crippen LogP contribution in [0, 0.1) is 5.92 Å². The average molecular weight is 271 g/mol. The molecule has 0 spiro atoms. The topological polar surface area (TPSA) is 12.0 Å². The van der Waals surface area contributed by atoms with Crippen LogP contribution in [-0.4, -0.2) is 6.04 Å². The highest BCUT2D eigenvalue weighted by molar-refractivity contribution is 5.25. The molecule has 1 aliphatic carbocycles. The molecule has 0 amide bonds. The first-order valence-corrected chi connectivity index (χ1v) is 6.84. The summed E-state index contributed by atoms with van der Waals surface area (Å²) in [5, 5.41) is 3.38. The molecule has 0 heterocycles. The Labute approximate surface area is 112 Å². The normalized spacial score (nSPS) is 24.4. The van der Waals surface area contributed by atoms with Crippen molar-refractivity contribution in [1.29, 1.82) is 0 Å². The van der Waals surface area contributed by atoms with E-state index in [4.69, 9.17) is 0 Å². The molecule has 1 N–H and O–H groups in total. The summed E-state index contributed by atoms with van der Waals surface area (Å²) < 4.78 is 37.8. The van der Waals surface area contributed by atoms with Crippen molar-refractivity contribution >= 4 is 0 Å². The second-order valence-corrected chi connectivity index (χ2v) is 5.55. The van der Waals surface area contributed by atoms with Crippen LogP contribution in [0.5, 0.6) is 0 Å². The highest BCUT2D eigenvalue weighted by Gasteiger charge is 2.30. The van der Waals surface area contributed by atoms with Crippen LogP contribution in [-0.2, 0) is 12.7 Å². The lowest BCUT2D eigenvalue weighted by Gasteiger charge is -2.27. The highest BCUT2D eigenvalue weighted by Crippen LogP contribution is 2.29. The molecule has 2 rings (SSSR count). The van der Waals surface area contributed by atoms with Crippen LogP contribution in [0.4, 0.5) is 13.2 Å². The van der Waals surface area contributed by atoms with Gasteiger partial charge in [-0.25, -0.2) is 0 Å². The van der Waals surface area contributed by atoms with Crippen LogP contribution in [0.25, 0.3) is 0 Å². The Morgan fingerprint density at radius 2 is 2.05 bits per heavy atom. The fourth-order valence-corrected chi connectivity index (χ4v) is 2.74. The predicted octanol–water partition coefficient (Wildman–Crippen LogP) is 4.37. The zero-order chi connectivity index (χ0) is 13.9. The molecule has 1 aromatic carbocycles. The van der Waals surface area contributed by atoms with Crippen molar-refractivity contribution in [3.05, 3.63) is 35.4 Å². The first-order chi connectivity index (χ1) is 8.95. The van der Waals surface area contributed by atoms with Gasteiger partial charge in [0.2, 0.25) is 0 Å². The summed E-state index contributed by atoms with van der Waals surface area (Å²) >= 11 is 0. The Bertz CT molecular complexity index is 414. The van der Waals surface area contributed by atoms with Crippen LogP contribution in [0.3, 0.4) is 0 Å². The van der Waals surface area contributed by atoms with Gasteiger partial charge in [-0.2, -0.15) is 13.2 Å². The first kappa shape index (κ1) is 14.4. The largest absolute Gasteiger partial charge is 0.416 e. The summed E-state index contributed by atoms with van der Waals surface area (Å²) in [6.07, 6.45) is 0.473. The van der Waals surface area contributed by atoms with E-state index in [9.17, 15) is 13.2 Å². The summed E-state index contributed by atoms with van der Waals surface area (Å²) in [6.45, 7) is 2.75. The summed E-state index contributed by atoms with van der Waals surface area (Å²) in [7, 11) is 0. The first-order valence-electron chi connectivity index (χ1n) is 6.84. The maximum atomic E-state index is 12.6. The molecule has 1 fully saturated rings. The maximum Gasteiger partial charge on any atom is 0.416 e. The maximum absolute atomic E-state index is 12.6. The molecule has 0 aromatic heterocycles. The molecule has 0 saturated heterocycles. The molecule has 2 atom stereocenters. The van der Waals surface area contributed by atoms with Crippen molar-refractivity contribution in [2.45, 2.75) is 51.4 Å². The van der Waals surface area contributed by atoms with Gasteiger partial charge in [0.15, 0.2) is 0 Å². The van der Waals surface area contributed by atoms with Gasteiger partial charge in [-0.05, 0) is 30.4 Å². The lowest BCUT2D eigenvalue weighted by atomic mass is 9.87. The Balaban J connectivity index is 1.92. The van der Waals surface area contributed by atoms with E-state index >= 15 is 0 Å². The van der Waals surface area contributed by atoms with E-state index in [2.05, 4.69) is 12.2 Å². The minimum Gasteiger partial charge on any atom is -0.310 e. The van der Waals surface area contributed by atoms with E-state index in [1.54, 1.807) is 6.07 Å². The third-order valence-corrected chi connectivity index (χ3v) is 3.79. The fraction of sp³-hybridized carbons (Fsp3) is 0.600. The molecule has 106 valence electrons. The fourth-order valence-electron chi connectivity index (χ4n) is 2.74. The van der Waals surface area contributed by atoms with Gasteiger partial charge >= 0.3 is 6.18 Å². The van der Waals surface area contributed by atoms with Gasteiger partial charge in [0.05, 0.1) is 5.56 Å². The van der Waals surface area contributed by atoms with Crippen molar-refractivity contribution in [1.82, 2.24) is 5.32 Å². The lowest BCUT2D eigenvalue weighted by Crippen LogP contribution is -2.33. The predicted molar refractivity (Wildman–Crippen MR) is 69.7 cm³/mol. The summed E-state index contributed by atoms with van der Waals surface area (Å²) in [6, 6.07) is 6.02. The zero-order valence-corrected chi connectivity index (χ0v) is 11.1. The van der Waals surface area contributed by atoms with Crippen molar-refractivity contribution in [3.8, 4) is 0 Å². The van der Waals surface area contributed by atoms with Gasteiger partial charge in [-0.3, -0.25) is 0 Å². The smallest absolute Gasteiger partial charge is 0.310 e. The number of nitrogens with one attached hydrogen (secondary N) is 1. The quantitative estimate of drug-likeness (QED) is 0.860. The highest BCUT2D eigenvalue weighted by atomic mass is 19.4. The SMILES string of the molecule is CC1CCCC(NCc2cccc(C(F)(F)F)c2)C1. The van der Waals surface area contributed by atoms with E-state index in [-0.39, 0.29) is 0 Å². The molecule has 0 radical (unpaired) electrons. The van der Waals surface area contributed by atoms with Crippen LogP contribution >= 0.6 is 0 Å². The summed E-state index contributed by atoms with van der Waals surface area (Å²) in [5.41, 5.74) is 0.136. The summed E-state index contributed by atoms with van der Waals surface area (Å²) in [4.78, 5) is 0. The standard InChI is InChI=1S/C15H20F3N/c1-11-4-2-7-14(8-11)19-10-12-5-3-6-13(9-12)15(16,17)18/h3,5-6,9,11,14,19H,2,4,7-8,10H2,1H3. The molecule has 0 aliphatic heterocycles. The van der Waals surface area contributed by atoms with Crippen molar-refractivity contribution < 1.29 is 13.2 Å². The van der Waals surface area contributed by atoms with E-state index in [0.29, 0.717) is 24.1 Å². The monoisotopic (exact) mass is 271 g/mol. The third kappa shape index (κ3) is 4.23. The van der Waals surface area contributed by atoms with Gasteiger partial charge in [-0.15, -0.1) is 0 Å². The van der Waals surface area contributed by atoms with Gasteiger partial charge in [0.25, 0.3) is 0 Å². The average Bonchev–Trinajstić information content (AvgIpc) is 2.36. The second-order valence-electron chi connectivity index (χ2n) is 5.55. The van der Waals surface area contributed by atoms with Crippen LogP contribution in [0.1, 0.15) is 43.7 Å². The minimum absolute atomic E-state index is 0.443.